The molecule has 3 rings (SSSR count). The SMILES string of the molecule is CCC(=O)c1ccn(Cc2nc3ccccc3s2)c1. The van der Waals surface area contributed by atoms with Gasteiger partial charge < -0.3 is 4.57 Å². The zero-order valence-corrected chi connectivity index (χ0v) is 11.5. The number of nitrogens with zero attached hydrogens (tertiary/aromatic N) is 2. The average molecular weight is 270 g/mol. The quantitative estimate of drug-likeness (QED) is 0.677. The number of para-hydroxylation sites is 1. The van der Waals surface area contributed by atoms with Gasteiger partial charge in [0.2, 0.25) is 0 Å². The fraction of sp³-hybridized carbons (Fsp3) is 0.200. The van der Waals surface area contributed by atoms with E-state index in [1.807, 2.05) is 48.1 Å². The Balaban J connectivity index is 1.84. The topological polar surface area (TPSA) is 34.9 Å². The molecule has 0 bridgehead atoms. The Labute approximate surface area is 115 Å². The van der Waals surface area contributed by atoms with Gasteiger partial charge in [0, 0.05) is 24.4 Å². The number of fused-ring (bicyclic) bond motifs is 1. The number of aromatic nitrogens is 2. The van der Waals surface area contributed by atoms with Crippen LogP contribution < -0.4 is 0 Å². The first-order valence-corrected chi connectivity index (χ1v) is 7.11. The molecule has 96 valence electrons. The van der Waals surface area contributed by atoms with Crippen LogP contribution in [0.25, 0.3) is 10.2 Å². The molecule has 3 nitrogen and oxygen atoms in total. The van der Waals surface area contributed by atoms with E-state index in [2.05, 4.69) is 11.1 Å². The molecule has 0 saturated carbocycles. The molecule has 0 radical (unpaired) electrons. The molecule has 0 unspecified atom stereocenters. The van der Waals surface area contributed by atoms with E-state index in [-0.39, 0.29) is 5.78 Å². The Morgan fingerprint density at radius 1 is 1.32 bits per heavy atom. The van der Waals surface area contributed by atoms with Crippen LogP contribution in [-0.2, 0) is 6.54 Å². The molecular weight excluding hydrogens is 256 g/mol. The van der Waals surface area contributed by atoms with Crippen LogP contribution in [0.4, 0.5) is 0 Å². The van der Waals surface area contributed by atoms with Gasteiger partial charge in [-0.15, -0.1) is 11.3 Å². The first-order valence-electron chi connectivity index (χ1n) is 6.29. The fourth-order valence-electron chi connectivity index (χ4n) is 2.05. The predicted molar refractivity (Wildman–Crippen MR) is 77.8 cm³/mol. The maximum atomic E-state index is 11.6. The van der Waals surface area contributed by atoms with Crippen molar-refractivity contribution in [2.75, 3.05) is 0 Å². The highest BCUT2D eigenvalue weighted by molar-refractivity contribution is 7.18. The van der Waals surface area contributed by atoms with E-state index in [1.165, 1.54) is 4.70 Å². The fourth-order valence-corrected chi connectivity index (χ4v) is 3.03. The summed E-state index contributed by atoms with van der Waals surface area (Å²) in [5, 5.41) is 1.06. The van der Waals surface area contributed by atoms with Crippen molar-refractivity contribution in [3.63, 3.8) is 0 Å². The van der Waals surface area contributed by atoms with Crippen molar-refractivity contribution in [2.24, 2.45) is 0 Å². The smallest absolute Gasteiger partial charge is 0.164 e. The van der Waals surface area contributed by atoms with Gasteiger partial charge in [0.15, 0.2) is 5.78 Å². The molecule has 4 heteroatoms. The maximum absolute atomic E-state index is 11.6. The summed E-state index contributed by atoms with van der Waals surface area (Å²) in [7, 11) is 0. The Kier molecular flexibility index (Phi) is 3.17. The van der Waals surface area contributed by atoms with Crippen molar-refractivity contribution in [3.05, 3.63) is 53.3 Å². The van der Waals surface area contributed by atoms with Crippen LogP contribution >= 0.6 is 11.3 Å². The van der Waals surface area contributed by atoms with Crippen LogP contribution in [0, 0.1) is 0 Å². The predicted octanol–water partition coefficient (Wildman–Crippen LogP) is 3.74. The number of thiazole rings is 1. The van der Waals surface area contributed by atoms with Gasteiger partial charge in [-0.1, -0.05) is 19.1 Å². The van der Waals surface area contributed by atoms with E-state index in [4.69, 9.17) is 0 Å². The Morgan fingerprint density at radius 3 is 2.95 bits per heavy atom. The molecule has 0 aliphatic heterocycles. The van der Waals surface area contributed by atoms with E-state index >= 15 is 0 Å². The lowest BCUT2D eigenvalue weighted by molar-refractivity contribution is 0.0988. The Bertz CT molecular complexity index is 693. The third kappa shape index (κ3) is 2.44. The minimum atomic E-state index is 0.183. The summed E-state index contributed by atoms with van der Waals surface area (Å²) in [6.07, 6.45) is 4.39. The van der Waals surface area contributed by atoms with Gasteiger partial charge in [0.05, 0.1) is 16.8 Å². The number of benzene rings is 1. The number of rotatable bonds is 4. The van der Waals surface area contributed by atoms with Crippen molar-refractivity contribution in [1.82, 2.24) is 9.55 Å². The molecular formula is C15H14N2OS. The Hall–Kier alpha value is -1.94. The van der Waals surface area contributed by atoms with Gasteiger partial charge in [-0.3, -0.25) is 4.79 Å². The average Bonchev–Trinajstić information content (AvgIpc) is 3.04. The molecule has 0 aliphatic rings. The molecule has 0 aliphatic carbocycles. The second-order valence-electron chi connectivity index (χ2n) is 4.42. The molecule has 2 aromatic heterocycles. The van der Waals surface area contributed by atoms with Crippen LogP contribution in [-0.4, -0.2) is 15.3 Å². The highest BCUT2D eigenvalue weighted by Gasteiger charge is 2.07. The third-order valence-electron chi connectivity index (χ3n) is 3.05. The van der Waals surface area contributed by atoms with Crippen LogP contribution in [0.5, 0.6) is 0 Å². The maximum Gasteiger partial charge on any atom is 0.164 e. The number of hydrogen-bond donors (Lipinski definition) is 0. The summed E-state index contributed by atoms with van der Waals surface area (Å²) < 4.78 is 3.22. The molecule has 3 aromatic rings. The molecule has 19 heavy (non-hydrogen) atoms. The van der Waals surface area contributed by atoms with Crippen molar-refractivity contribution in [3.8, 4) is 0 Å². The lowest BCUT2D eigenvalue weighted by Gasteiger charge is -1.97. The summed E-state index contributed by atoms with van der Waals surface area (Å²) in [5.74, 6) is 0.183. The highest BCUT2D eigenvalue weighted by atomic mass is 32.1. The van der Waals surface area contributed by atoms with Gasteiger partial charge in [0.1, 0.15) is 5.01 Å². The van der Waals surface area contributed by atoms with E-state index in [0.717, 1.165) is 22.6 Å². The van der Waals surface area contributed by atoms with Crippen LogP contribution in [0.1, 0.15) is 28.7 Å². The van der Waals surface area contributed by atoms with Gasteiger partial charge in [-0.2, -0.15) is 0 Å². The van der Waals surface area contributed by atoms with Crippen molar-refractivity contribution >= 4 is 27.3 Å². The van der Waals surface area contributed by atoms with E-state index in [1.54, 1.807) is 11.3 Å². The highest BCUT2D eigenvalue weighted by Crippen LogP contribution is 2.22. The van der Waals surface area contributed by atoms with Crippen molar-refractivity contribution < 1.29 is 4.79 Å². The van der Waals surface area contributed by atoms with E-state index in [9.17, 15) is 4.79 Å². The molecule has 0 amide bonds. The first-order chi connectivity index (χ1) is 9.26. The molecule has 0 spiro atoms. The molecule has 0 atom stereocenters. The molecule has 1 aromatic carbocycles. The third-order valence-corrected chi connectivity index (χ3v) is 4.07. The number of carbonyl (C=O) groups excluding carboxylic acids is 1. The lowest BCUT2D eigenvalue weighted by atomic mass is 10.2. The van der Waals surface area contributed by atoms with Crippen LogP contribution in [0.2, 0.25) is 0 Å². The number of carbonyl (C=O) groups is 1. The monoisotopic (exact) mass is 270 g/mol. The standard InChI is InChI=1S/C15H14N2OS/c1-2-13(18)11-7-8-17(9-11)10-15-16-12-5-3-4-6-14(12)19-15/h3-9H,2,10H2,1H3. The number of Topliss-reactive ketones (excluding diaryl/α,β-unsaturated/α-hetero) is 1. The van der Waals surface area contributed by atoms with Gasteiger partial charge >= 0.3 is 0 Å². The molecule has 0 fully saturated rings. The van der Waals surface area contributed by atoms with Crippen LogP contribution in [0.15, 0.2) is 42.7 Å². The second-order valence-corrected chi connectivity index (χ2v) is 5.54. The van der Waals surface area contributed by atoms with E-state index < -0.39 is 0 Å². The summed E-state index contributed by atoms with van der Waals surface area (Å²) in [4.78, 5) is 16.2. The van der Waals surface area contributed by atoms with Gasteiger partial charge in [-0.05, 0) is 18.2 Å². The lowest BCUT2D eigenvalue weighted by Crippen LogP contribution is -1.97. The summed E-state index contributed by atoms with van der Waals surface area (Å²) in [6, 6.07) is 10.0. The zero-order chi connectivity index (χ0) is 13.2. The summed E-state index contributed by atoms with van der Waals surface area (Å²) in [6.45, 7) is 2.60. The minimum absolute atomic E-state index is 0.183. The largest absolute Gasteiger partial charge is 0.347 e. The second kappa shape index (κ2) is 4.97. The van der Waals surface area contributed by atoms with Crippen molar-refractivity contribution in [1.29, 1.82) is 0 Å². The Morgan fingerprint density at radius 2 is 2.16 bits per heavy atom. The zero-order valence-electron chi connectivity index (χ0n) is 10.7. The minimum Gasteiger partial charge on any atom is -0.347 e. The number of ketones is 1. The van der Waals surface area contributed by atoms with Crippen molar-refractivity contribution in [2.45, 2.75) is 19.9 Å². The molecule has 0 N–H and O–H groups in total. The number of hydrogen-bond acceptors (Lipinski definition) is 3. The molecule has 0 saturated heterocycles. The van der Waals surface area contributed by atoms with Crippen LogP contribution in [0.3, 0.4) is 0 Å². The van der Waals surface area contributed by atoms with Gasteiger partial charge in [0.25, 0.3) is 0 Å². The molecule has 2 heterocycles. The summed E-state index contributed by atoms with van der Waals surface area (Å²) in [5.41, 5.74) is 1.82. The normalized spacial score (nSPS) is 11.0. The summed E-state index contributed by atoms with van der Waals surface area (Å²) >= 11 is 1.70. The van der Waals surface area contributed by atoms with Gasteiger partial charge in [-0.25, -0.2) is 4.98 Å². The van der Waals surface area contributed by atoms with E-state index in [0.29, 0.717) is 6.42 Å². The first kappa shape index (κ1) is 12.1.